The van der Waals surface area contributed by atoms with Crippen molar-refractivity contribution in [2.24, 2.45) is 0 Å². The first-order valence-electron chi connectivity index (χ1n) is 6.76. The van der Waals surface area contributed by atoms with Crippen LogP contribution in [-0.2, 0) is 0 Å². The number of nitro groups is 1. The van der Waals surface area contributed by atoms with Gasteiger partial charge in [-0.1, -0.05) is 36.4 Å². The average molecular weight is 306 g/mol. The molecule has 2 aromatic carbocycles. The van der Waals surface area contributed by atoms with Gasteiger partial charge in [0.15, 0.2) is 0 Å². The van der Waals surface area contributed by atoms with Crippen LogP contribution in [0.15, 0.2) is 60.8 Å². The van der Waals surface area contributed by atoms with Gasteiger partial charge in [0.25, 0.3) is 5.69 Å². The minimum atomic E-state index is -0.380. The van der Waals surface area contributed by atoms with Gasteiger partial charge in [0.2, 0.25) is 0 Å². The van der Waals surface area contributed by atoms with Crippen LogP contribution in [0, 0.1) is 10.1 Å². The monoisotopic (exact) mass is 306 g/mol. The number of rotatable bonds is 2. The molecule has 4 nitrogen and oxygen atoms in total. The zero-order chi connectivity index (χ0) is 15.1. The van der Waals surface area contributed by atoms with Crippen LogP contribution in [0.1, 0.15) is 0 Å². The van der Waals surface area contributed by atoms with Gasteiger partial charge in [-0.3, -0.25) is 10.1 Å². The van der Waals surface area contributed by atoms with Crippen LogP contribution >= 0.6 is 11.3 Å². The van der Waals surface area contributed by atoms with Gasteiger partial charge in [-0.2, -0.15) is 0 Å². The van der Waals surface area contributed by atoms with Gasteiger partial charge in [-0.05, 0) is 12.1 Å². The Morgan fingerprint density at radius 2 is 1.77 bits per heavy atom. The van der Waals surface area contributed by atoms with Gasteiger partial charge in [0.05, 0.1) is 4.92 Å². The quantitative estimate of drug-likeness (QED) is 0.386. The normalized spacial score (nSPS) is 11.1. The first-order valence-corrected chi connectivity index (χ1v) is 7.57. The van der Waals surface area contributed by atoms with Gasteiger partial charge < -0.3 is 0 Å². The molecule has 0 N–H and O–H groups in total. The van der Waals surface area contributed by atoms with Crippen LogP contribution in [0.4, 0.5) is 5.69 Å². The van der Waals surface area contributed by atoms with Crippen molar-refractivity contribution in [3.63, 3.8) is 0 Å². The van der Waals surface area contributed by atoms with E-state index < -0.39 is 0 Å². The minimum absolute atomic E-state index is 0.0347. The molecule has 2 heterocycles. The van der Waals surface area contributed by atoms with E-state index >= 15 is 0 Å². The van der Waals surface area contributed by atoms with E-state index in [1.165, 1.54) is 16.2 Å². The Bertz CT molecular complexity index is 1020. The van der Waals surface area contributed by atoms with E-state index in [0.29, 0.717) is 5.69 Å². The lowest BCUT2D eigenvalue weighted by Crippen LogP contribution is -1.94. The standard InChI is InChI=1S/C17H10N2O2S/c20-19(21)14-8-4-10-18-16(14)13-7-3-6-12-11-5-1-2-9-15(11)22-17(12)13/h1-10H. The number of hydrogen-bond acceptors (Lipinski definition) is 4. The highest BCUT2D eigenvalue weighted by atomic mass is 32.1. The Kier molecular flexibility index (Phi) is 2.87. The van der Waals surface area contributed by atoms with Crippen molar-refractivity contribution in [1.82, 2.24) is 4.98 Å². The second-order valence-corrected chi connectivity index (χ2v) is 5.96. The zero-order valence-corrected chi connectivity index (χ0v) is 12.2. The number of fused-ring (bicyclic) bond motifs is 3. The summed E-state index contributed by atoms with van der Waals surface area (Å²) in [6.45, 7) is 0. The Balaban J connectivity index is 2.10. The highest BCUT2D eigenvalue weighted by Crippen LogP contribution is 2.41. The van der Waals surface area contributed by atoms with Crippen molar-refractivity contribution in [3.05, 3.63) is 70.9 Å². The molecule has 0 amide bonds. The molecule has 2 aromatic heterocycles. The molecule has 0 aliphatic carbocycles. The Morgan fingerprint density at radius 3 is 2.64 bits per heavy atom. The number of pyridine rings is 1. The lowest BCUT2D eigenvalue weighted by molar-refractivity contribution is -0.384. The molecule has 4 aromatic rings. The maximum atomic E-state index is 11.3. The SMILES string of the molecule is O=[N+]([O-])c1cccnc1-c1cccc2c1sc1ccccc12. The summed E-state index contributed by atoms with van der Waals surface area (Å²) in [5, 5.41) is 13.6. The molecule has 22 heavy (non-hydrogen) atoms. The van der Waals surface area contributed by atoms with Crippen LogP contribution in [0.25, 0.3) is 31.4 Å². The predicted octanol–water partition coefficient (Wildman–Crippen LogP) is 5.02. The molecule has 0 aliphatic heterocycles. The van der Waals surface area contributed by atoms with Gasteiger partial charge in [-0.15, -0.1) is 11.3 Å². The first kappa shape index (κ1) is 12.9. The molecule has 0 bridgehead atoms. The Morgan fingerprint density at radius 1 is 0.955 bits per heavy atom. The topological polar surface area (TPSA) is 56.0 Å². The fraction of sp³-hybridized carbons (Fsp3) is 0. The number of nitrogens with zero attached hydrogens (tertiary/aromatic N) is 2. The fourth-order valence-electron chi connectivity index (χ4n) is 2.69. The highest BCUT2D eigenvalue weighted by molar-refractivity contribution is 7.26. The lowest BCUT2D eigenvalue weighted by Gasteiger charge is -2.03. The van der Waals surface area contributed by atoms with Crippen LogP contribution in [0.5, 0.6) is 0 Å². The Hall–Kier alpha value is -2.79. The number of aromatic nitrogens is 1. The third-order valence-electron chi connectivity index (χ3n) is 3.64. The number of benzene rings is 2. The Labute approximate surface area is 129 Å². The van der Waals surface area contributed by atoms with Crippen molar-refractivity contribution in [2.75, 3.05) is 0 Å². The molecule has 0 fully saturated rings. The van der Waals surface area contributed by atoms with Crippen molar-refractivity contribution >= 4 is 37.2 Å². The van der Waals surface area contributed by atoms with E-state index in [4.69, 9.17) is 0 Å². The second kappa shape index (κ2) is 4.89. The van der Waals surface area contributed by atoms with E-state index in [1.54, 1.807) is 23.6 Å². The molecular weight excluding hydrogens is 296 g/mol. The maximum absolute atomic E-state index is 11.3. The predicted molar refractivity (Wildman–Crippen MR) is 89.2 cm³/mol. The van der Waals surface area contributed by atoms with Gasteiger partial charge in [-0.25, -0.2) is 4.98 Å². The first-order chi connectivity index (χ1) is 10.8. The van der Waals surface area contributed by atoms with E-state index in [0.717, 1.165) is 15.6 Å². The molecule has 4 rings (SSSR count). The van der Waals surface area contributed by atoms with Gasteiger partial charge >= 0.3 is 0 Å². The van der Waals surface area contributed by atoms with Crippen LogP contribution in [0.2, 0.25) is 0 Å². The summed E-state index contributed by atoms with van der Waals surface area (Å²) < 4.78 is 2.20. The number of thiophene rings is 1. The molecule has 5 heteroatoms. The molecule has 0 saturated heterocycles. The molecule has 0 radical (unpaired) electrons. The van der Waals surface area contributed by atoms with Gasteiger partial charge in [0, 0.05) is 38.0 Å². The molecular formula is C17H10N2O2S. The molecule has 0 atom stereocenters. The average Bonchev–Trinajstić information content (AvgIpc) is 2.93. The van der Waals surface area contributed by atoms with Crippen molar-refractivity contribution in [1.29, 1.82) is 0 Å². The highest BCUT2D eigenvalue weighted by Gasteiger charge is 2.19. The summed E-state index contributed by atoms with van der Waals surface area (Å²) in [7, 11) is 0. The molecule has 0 spiro atoms. The van der Waals surface area contributed by atoms with Gasteiger partial charge in [0.1, 0.15) is 5.69 Å². The molecule has 0 saturated carbocycles. The summed E-state index contributed by atoms with van der Waals surface area (Å²) in [5.74, 6) is 0. The van der Waals surface area contributed by atoms with Crippen molar-refractivity contribution in [2.45, 2.75) is 0 Å². The summed E-state index contributed by atoms with van der Waals surface area (Å²) in [6, 6.07) is 17.1. The van der Waals surface area contributed by atoms with E-state index in [9.17, 15) is 10.1 Å². The molecule has 0 unspecified atom stereocenters. The summed E-state index contributed by atoms with van der Waals surface area (Å²) in [6.07, 6.45) is 1.59. The van der Waals surface area contributed by atoms with Crippen LogP contribution in [-0.4, -0.2) is 9.91 Å². The fourth-order valence-corrected chi connectivity index (χ4v) is 3.90. The van der Waals surface area contributed by atoms with E-state index in [1.807, 2.05) is 30.3 Å². The zero-order valence-electron chi connectivity index (χ0n) is 11.4. The van der Waals surface area contributed by atoms with Crippen LogP contribution < -0.4 is 0 Å². The second-order valence-electron chi connectivity index (χ2n) is 4.91. The minimum Gasteiger partial charge on any atom is -0.258 e. The summed E-state index contributed by atoms with van der Waals surface area (Å²) in [5.41, 5.74) is 1.27. The lowest BCUT2D eigenvalue weighted by atomic mass is 10.1. The van der Waals surface area contributed by atoms with Crippen molar-refractivity contribution in [3.8, 4) is 11.3 Å². The summed E-state index contributed by atoms with van der Waals surface area (Å²) >= 11 is 1.64. The molecule has 106 valence electrons. The van der Waals surface area contributed by atoms with Crippen molar-refractivity contribution < 1.29 is 4.92 Å². The maximum Gasteiger partial charge on any atom is 0.295 e. The summed E-state index contributed by atoms with van der Waals surface area (Å²) in [4.78, 5) is 15.1. The third kappa shape index (κ3) is 1.87. The smallest absolute Gasteiger partial charge is 0.258 e. The van der Waals surface area contributed by atoms with E-state index in [2.05, 4.69) is 17.1 Å². The largest absolute Gasteiger partial charge is 0.295 e. The molecule has 0 aliphatic rings. The van der Waals surface area contributed by atoms with Crippen LogP contribution in [0.3, 0.4) is 0 Å². The van der Waals surface area contributed by atoms with E-state index in [-0.39, 0.29) is 10.6 Å². The number of hydrogen-bond donors (Lipinski definition) is 0. The third-order valence-corrected chi connectivity index (χ3v) is 4.86.